The second kappa shape index (κ2) is 11.5. The molecule has 3 aromatic carbocycles. The van der Waals surface area contributed by atoms with E-state index in [1.165, 1.54) is 26.4 Å². The van der Waals surface area contributed by atoms with E-state index in [9.17, 15) is 26.4 Å². The Hall–Kier alpha value is -3.77. The maximum atomic E-state index is 12.8. The van der Waals surface area contributed by atoms with E-state index < -0.39 is 32.7 Å². The van der Waals surface area contributed by atoms with Gasteiger partial charge in [-0.1, -0.05) is 23.7 Å². The lowest BCUT2D eigenvalue weighted by Crippen LogP contribution is -2.20. The van der Waals surface area contributed by atoms with Crippen LogP contribution in [0.25, 0.3) is 0 Å². The van der Waals surface area contributed by atoms with E-state index in [2.05, 4.69) is 10.5 Å². The van der Waals surface area contributed by atoms with Crippen LogP contribution in [0.5, 0.6) is 17.2 Å². The van der Waals surface area contributed by atoms with E-state index >= 15 is 0 Å². The molecular formula is C24H20ClF3N2O6S. The van der Waals surface area contributed by atoms with E-state index in [0.717, 1.165) is 18.3 Å². The van der Waals surface area contributed by atoms with Crippen molar-refractivity contribution in [3.05, 3.63) is 82.4 Å². The third kappa shape index (κ3) is 7.37. The van der Waals surface area contributed by atoms with E-state index in [1.807, 2.05) is 0 Å². The van der Waals surface area contributed by atoms with Crippen LogP contribution in [-0.4, -0.2) is 34.8 Å². The van der Waals surface area contributed by atoms with Gasteiger partial charge in [-0.15, -0.1) is 0 Å². The van der Waals surface area contributed by atoms with Gasteiger partial charge in [0.05, 0.1) is 32.4 Å². The van der Waals surface area contributed by atoms with Gasteiger partial charge >= 0.3 is 16.3 Å². The summed E-state index contributed by atoms with van der Waals surface area (Å²) < 4.78 is 79.5. The number of hydrazone groups is 1. The van der Waals surface area contributed by atoms with Crippen molar-refractivity contribution in [1.29, 1.82) is 0 Å². The molecule has 3 aromatic rings. The highest BCUT2D eigenvalue weighted by molar-refractivity contribution is 7.87. The van der Waals surface area contributed by atoms with Crippen molar-refractivity contribution < 1.29 is 40.0 Å². The Balaban J connectivity index is 1.83. The topological polar surface area (TPSA) is 103 Å². The van der Waals surface area contributed by atoms with Crippen molar-refractivity contribution in [2.45, 2.75) is 17.5 Å². The van der Waals surface area contributed by atoms with Gasteiger partial charge in [0.15, 0.2) is 11.5 Å². The molecule has 0 saturated carbocycles. The van der Waals surface area contributed by atoms with Crippen LogP contribution in [0.3, 0.4) is 0 Å². The van der Waals surface area contributed by atoms with Gasteiger partial charge in [-0.05, 0) is 48.0 Å². The monoisotopic (exact) mass is 556 g/mol. The smallest absolute Gasteiger partial charge is 0.416 e. The molecule has 3 rings (SSSR count). The summed E-state index contributed by atoms with van der Waals surface area (Å²) in [5.74, 6) is -0.320. The number of rotatable bonds is 9. The highest BCUT2D eigenvalue weighted by Crippen LogP contribution is 2.36. The molecule has 0 aliphatic carbocycles. The molecule has 0 bridgehead atoms. The first kappa shape index (κ1) is 27.8. The fourth-order valence-corrected chi connectivity index (χ4v) is 4.26. The lowest BCUT2D eigenvalue weighted by atomic mass is 10.1. The van der Waals surface area contributed by atoms with Crippen LogP contribution in [0.2, 0.25) is 5.02 Å². The minimum atomic E-state index is -4.64. The number of methoxy groups -OCH3 is 2. The van der Waals surface area contributed by atoms with E-state index in [1.54, 1.807) is 24.3 Å². The van der Waals surface area contributed by atoms with E-state index in [4.69, 9.17) is 25.3 Å². The molecule has 0 fully saturated rings. The lowest BCUT2D eigenvalue weighted by Gasteiger charge is -2.14. The van der Waals surface area contributed by atoms with E-state index in [-0.39, 0.29) is 28.5 Å². The van der Waals surface area contributed by atoms with Crippen LogP contribution in [0.4, 0.5) is 13.2 Å². The number of carbonyl (C=O) groups excluding carboxylic acids is 1. The summed E-state index contributed by atoms with van der Waals surface area (Å²) in [5.41, 5.74) is 1.97. The summed E-state index contributed by atoms with van der Waals surface area (Å²) in [5, 5.41) is 3.97. The highest BCUT2D eigenvalue weighted by Gasteiger charge is 2.31. The predicted molar refractivity (Wildman–Crippen MR) is 130 cm³/mol. The number of hydrogen-bond donors (Lipinski definition) is 1. The molecule has 0 atom stereocenters. The number of hydrogen-bond acceptors (Lipinski definition) is 7. The molecule has 0 aliphatic heterocycles. The standard InChI is InChI=1S/C24H20ClF3N2O6S/c1-34-19-5-3-4-15(10-19)11-22(31)30-29-14-16-12-18(25)13-21(35-2)23(16)36-37(32,33)20-8-6-17(7-9-20)24(26,27)28/h3-10,12-14H,11H2,1-2H3,(H,30,31)/b29-14+. The van der Waals surface area contributed by atoms with Gasteiger partial charge in [-0.3, -0.25) is 4.79 Å². The van der Waals surface area contributed by atoms with E-state index in [0.29, 0.717) is 23.4 Å². The summed E-state index contributed by atoms with van der Waals surface area (Å²) >= 11 is 6.07. The van der Waals surface area contributed by atoms with Crippen molar-refractivity contribution >= 4 is 33.8 Å². The fourth-order valence-electron chi connectivity index (χ4n) is 3.08. The second-order valence-electron chi connectivity index (χ2n) is 7.41. The van der Waals surface area contributed by atoms with Crippen molar-refractivity contribution in [3.63, 3.8) is 0 Å². The first-order valence-corrected chi connectivity index (χ1v) is 12.2. The van der Waals surface area contributed by atoms with Crippen LogP contribution < -0.4 is 19.1 Å². The lowest BCUT2D eigenvalue weighted by molar-refractivity contribution is -0.137. The van der Waals surface area contributed by atoms with Gasteiger partial charge in [0.2, 0.25) is 5.91 Å². The van der Waals surface area contributed by atoms with Gasteiger partial charge in [-0.2, -0.15) is 26.7 Å². The Bertz CT molecular complexity index is 1410. The third-order valence-corrected chi connectivity index (χ3v) is 6.28. The normalized spacial score (nSPS) is 11.8. The van der Waals surface area contributed by atoms with Gasteiger partial charge in [0.25, 0.3) is 0 Å². The zero-order chi connectivity index (χ0) is 27.2. The molecule has 13 heteroatoms. The molecule has 0 saturated heterocycles. The van der Waals surface area contributed by atoms with Gasteiger partial charge in [-0.25, -0.2) is 5.43 Å². The first-order valence-electron chi connectivity index (χ1n) is 10.4. The molecule has 1 amide bonds. The number of alkyl halides is 3. The van der Waals surface area contributed by atoms with Crippen LogP contribution in [-0.2, 0) is 27.5 Å². The Morgan fingerprint density at radius 1 is 1.05 bits per heavy atom. The molecule has 196 valence electrons. The maximum absolute atomic E-state index is 12.8. The fraction of sp³-hybridized carbons (Fsp3) is 0.167. The number of halogens is 4. The average molecular weight is 557 g/mol. The Labute approximate surface area is 215 Å². The molecule has 0 aliphatic rings. The average Bonchev–Trinajstić information content (AvgIpc) is 2.85. The van der Waals surface area contributed by atoms with Gasteiger partial charge in [0.1, 0.15) is 10.6 Å². The molecule has 0 aromatic heterocycles. The largest absolute Gasteiger partial charge is 0.497 e. The number of amides is 1. The predicted octanol–water partition coefficient (Wildman–Crippen LogP) is 4.84. The summed E-state index contributed by atoms with van der Waals surface area (Å²) in [4.78, 5) is 11.7. The van der Waals surface area contributed by atoms with Crippen molar-refractivity contribution in [2.24, 2.45) is 5.10 Å². The van der Waals surface area contributed by atoms with Crippen LogP contribution >= 0.6 is 11.6 Å². The molecule has 8 nitrogen and oxygen atoms in total. The van der Waals surface area contributed by atoms with Crippen molar-refractivity contribution in [3.8, 4) is 17.2 Å². The molecule has 0 heterocycles. The number of carbonyl (C=O) groups is 1. The van der Waals surface area contributed by atoms with Crippen LogP contribution in [0, 0.1) is 0 Å². The third-order valence-electron chi connectivity index (χ3n) is 4.82. The van der Waals surface area contributed by atoms with Gasteiger partial charge in [0, 0.05) is 16.7 Å². The Kier molecular flexibility index (Phi) is 8.66. The van der Waals surface area contributed by atoms with Crippen molar-refractivity contribution in [1.82, 2.24) is 5.43 Å². The number of ether oxygens (including phenoxy) is 2. The van der Waals surface area contributed by atoms with Crippen LogP contribution in [0.1, 0.15) is 16.7 Å². The Morgan fingerprint density at radius 2 is 1.76 bits per heavy atom. The molecule has 0 unspecified atom stereocenters. The quantitative estimate of drug-likeness (QED) is 0.230. The summed E-state index contributed by atoms with van der Waals surface area (Å²) in [7, 11) is -1.85. The van der Waals surface area contributed by atoms with Gasteiger partial charge < -0.3 is 13.7 Å². The molecule has 37 heavy (non-hydrogen) atoms. The second-order valence-corrected chi connectivity index (χ2v) is 9.39. The molecular weight excluding hydrogens is 537 g/mol. The summed E-state index contributed by atoms with van der Waals surface area (Å²) in [6, 6.07) is 12.2. The Morgan fingerprint density at radius 3 is 2.38 bits per heavy atom. The number of nitrogens with one attached hydrogen (secondary N) is 1. The minimum Gasteiger partial charge on any atom is -0.497 e. The zero-order valence-electron chi connectivity index (χ0n) is 19.4. The first-order chi connectivity index (χ1) is 17.4. The highest BCUT2D eigenvalue weighted by atomic mass is 35.5. The summed E-state index contributed by atoms with van der Waals surface area (Å²) in [6.45, 7) is 0. The van der Waals surface area contributed by atoms with Crippen LogP contribution in [0.15, 0.2) is 70.7 Å². The molecule has 0 spiro atoms. The SMILES string of the molecule is COc1cccc(CC(=O)N/N=C/c2cc(Cl)cc(OC)c2OS(=O)(=O)c2ccc(C(F)(F)F)cc2)c1. The zero-order valence-corrected chi connectivity index (χ0v) is 20.9. The summed E-state index contributed by atoms with van der Waals surface area (Å²) in [6.07, 6.45) is -3.56. The molecule has 0 radical (unpaired) electrons. The maximum Gasteiger partial charge on any atom is 0.416 e. The number of nitrogens with zero attached hydrogens (tertiary/aromatic N) is 1. The molecule has 1 N–H and O–H groups in total. The minimum absolute atomic E-state index is 0.0148. The van der Waals surface area contributed by atoms with Crippen molar-refractivity contribution in [2.75, 3.05) is 14.2 Å². The number of benzene rings is 3.